The van der Waals surface area contributed by atoms with Crippen LogP contribution in [0.25, 0.3) is 0 Å². The van der Waals surface area contributed by atoms with Gasteiger partial charge in [0, 0.05) is 44.6 Å². The Balaban J connectivity index is 1.86. The SMILES string of the molecule is COC(CN)CC(=O)NCC1(N2CCOCC2)CCSC1. The molecule has 0 aromatic carbocycles. The van der Waals surface area contributed by atoms with E-state index in [0.29, 0.717) is 19.5 Å². The summed E-state index contributed by atoms with van der Waals surface area (Å²) in [5.41, 5.74) is 5.65. The van der Waals surface area contributed by atoms with Crippen LogP contribution >= 0.6 is 11.8 Å². The number of nitrogens with zero attached hydrogens (tertiary/aromatic N) is 1. The molecule has 6 nitrogen and oxygen atoms in total. The second-order valence-electron chi connectivity index (χ2n) is 5.70. The first-order chi connectivity index (χ1) is 10.2. The molecule has 2 saturated heterocycles. The van der Waals surface area contributed by atoms with Crippen LogP contribution in [0.4, 0.5) is 0 Å². The van der Waals surface area contributed by atoms with Gasteiger partial charge in [-0.05, 0) is 12.2 Å². The summed E-state index contributed by atoms with van der Waals surface area (Å²) in [4.78, 5) is 14.5. The minimum atomic E-state index is -0.192. The summed E-state index contributed by atoms with van der Waals surface area (Å²) in [7, 11) is 1.59. The third-order valence-corrected chi connectivity index (χ3v) is 5.62. The van der Waals surface area contributed by atoms with Crippen molar-refractivity contribution in [1.29, 1.82) is 0 Å². The highest BCUT2D eigenvalue weighted by Crippen LogP contribution is 2.33. The third-order valence-electron chi connectivity index (χ3n) is 4.39. The van der Waals surface area contributed by atoms with E-state index in [9.17, 15) is 4.79 Å². The lowest BCUT2D eigenvalue weighted by Crippen LogP contribution is -2.59. The van der Waals surface area contributed by atoms with Crippen molar-refractivity contribution in [2.45, 2.75) is 24.5 Å². The number of carbonyl (C=O) groups is 1. The Kier molecular flexibility index (Phi) is 6.75. The van der Waals surface area contributed by atoms with Gasteiger partial charge in [0.1, 0.15) is 0 Å². The van der Waals surface area contributed by atoms with Crippen molar-refractivity contribution >= 4 is 17.7 Å². The normalized spacial score (nSPS) is 28.5. The first kappa shape index (κ1) is 17.0. The van der Waals surface area contributed by atoms with Gasteiger partial charge in [-0.15, -0.1) is 0 Å². The van der Waals surface area contributed by atoms with Gasteiger partial charge in [-0.2, -0.15) is 11.8 Å². The standard InChI is InChI=1S/C14H27N3O3S/c1-19-12(9-15)8-13(18)16-10-14(2-7-21-11-14)17-3-5-20-6-4-17/h12H,2-11,15H2,1H3,(H,16,18). The van der Waals surface area contributed by atoms with Crippen LogP contribution < -0.4 is 11.1 Å². The van der Waals surface area contributed by atoms with E-state index in [-0.39, 0.29) is 17.6 Å². The summed E-state index contributed by atoms with van der Waals surface area (Å²) in [6.07, 6.45) is 1.27. The number of methoxy groups -OCH3 is 1. The van der Waals surface area contributed by atoms with E-state index in [1.807, 2.05) is 11.8 Å². The molecule has 2 aliphatic rings. The van der Waals surface area contributed by atoms with Gasteiger partial charge < -0.3 is 20.5 Å². The molecule has 0 aliphatic carbocycles. The fourth-order valence-corrected chi connectivity index (χ4v) is 4.42. The highest BCUT2D eigenvalue weighted by Gasteiger charge is 2.40. The molecule has 0 bridgehead atoms. The van der Waals surface area contributed by atoms with Crippen molar-refractivity contribution in [3.05, 3.63) is 0 Å². The Labute approximate surface area is 131 Å². The number of nitrogens with one attached hydrogen (secondary N) is 1. The second kappa shape index (κ2) is 8.33. The van der Waals surface area contributed by atoms with E-state index in [0.717, 1.165) is 44.2 Å². The molecule has 1 amide bonds. The number of rotatable bonds is 7. The number of hydrogen-bond donors (Lipinski definition) is 2. The average Bonchev–Trinajstić information content (AvgIpc) is 3.01. The summed E-state index contributed by atoms with van der Waals surface area (Å²) < 4.78 is 10.6. The maximum Gasteiger partial charge on any atom is 0.222 e. The van der Waals surface area contributed by atoms with Gasteiger partial charge in [-0.1, -0.05) is 0 Å². The van der Waals surface area contributed by atoms with E-state index >= 15 is 0 Å². The summed E-state index contributed by atoms with van der Waals surface area (Å²) in [6, 6.07) is 0. The molecule has 0 aromatic rings. The van der Waals surface area contributed by atoms with Gasteiger partial charge >= 0.3 is 0 Å². The number of morpholine rings is 1. The third kappa shape index (κ3) is 4.56. The van der Waals surface area contributed by atoms with Gasteiger partial charge in [-0.25, -0.2) is 0 Å². The molecule has 7 heteroatoms. The molecule has 0 radical (unpaired) electrons. The zero-order valence-electron chi connectivity index (χ0n) is 12.8. The topological polar surface area (TPSA) is 76.8 Å². The lowest BCUT2D eigenvalue weighted by atomic mass is 9.95. The molecule has 21 heavy (non-hydrogen) atoms. The number of nitrogens with two attached hydrogens (primary N) is 1. The molecule has 3 N–H and O–H groups in total. The van der Waals surface area contributed by atoms with Crippen LogP contribution in [-0.2, 0) is 14.3 Å². The molecule has 2 atom stereocenters. The molecule has 122 valence electrons. The predicted molar refractivity (Wildman–Crippen MR) is 84.5 cm³/mol. The first-order valence-electron chi connectivity index (χ1n) is 7.60. The van der Waals surface area contributed by atoms with Crippen LogP contribution in [0, 0.1) is 0 Å². The van der Waals surface area contributed by atoms with Gasteiger partial charge in [0.25, 0.3) is 0 Å². The van der Waals surface area contributed by atoms with Crippen molar-refractivity contribution in [2.24, 2.45) is 5.73 Å². The lowest BCUT2D eigenvalue weighted by Gasteiger charge is -2.43. The molecule has 2 unspecified atom stereocenters. The zero-order valence-corrected chi connectivity index (χ0v) is 13.6. The number of amides is 1. The molecule has 2 rings (SSSR count). The predicted octanol–water partition coefficient (Wildman–Crippen LogP) is -0.326. The monoisotopic (exact) mass is 317 g/mol. The minimum Gasteiger partial charge on any atom is -0.380 e. The summed E-state index contributed by atoms with van der Waals surface area (Å²) >= 11 is 1.97. The number of hydrogen-bond acceptors (Lipinski definition) is 6. The summed E-state index contributed by atoms with van der Waals surface area (Å²) in [5, 5.41) is 3.09. The Morgan fingerprint density at radius 2 is 2.29 bits per heavy atom. The fraction of sp³-hybridized carbons (Fsp3) is 0.929. The minimum absolute atomic E-state index is 0.0248. The molecule has 0 aromatic heterocycles. The molecule has 2 aliphatic heterocycles. The van der Waals surface area contributed by atoms with Crippen LogP contribution in [-0.4, -0.2) is 80.5 Å². The summed E-state index contributed by atoms with van der Waals surface area (Å²) in [5.74, 6) is 2.27. The highest BCUT2D eigenvalue weighted by atomic mass is 32.2. The average molecular weight is 317 g/mol. The van der Waals surface area contributed by atoms with Crippen molar-refractivity contribution in [3.8, 4) is 0 Å². The Morgan fingerprint density at radius 1 is 1.52 bits per heavy atom. The van der Waals surface area contributed by atoms with Crippen molar-refractivity contribution in [2.75, 3.05) is 58.0 Å². The van der Waals surface area contributed by atoms with Crippen LogP contribution in [0.2, 0.25) is 0 Å². The number of thioether (sulfide) groups is 1. The Hall–Kier alpha value is -0.340. The largest absolute Gasteiger partial charge is 0.380 e. The number of ether oxygens (including phenoxy) is 2. The lowest BCUT2D eigenvalue weighted by molar-refractivity contribution is -0.124. The van der Waals surface area contributed by atoms with E-state index < -0.39 is 0 Å². The van der Waals surface area contributed by atoms with Crippen LogP contribution in [0.3, 0.4) is 0 Å². The van der Waals surface area contributed by atoms with E-state index in [1.54, 1.807) is 7.11 Å². The zero-order chi connectivity index (χ0) is 15.1. The van der Waals surface area contributed by atoms with Gasteiger partial charge in [0.05, 0.1) is 25.7 Å². The van der Waals surface area contributed by atoms with E-state index in [1.165, 1.54) is 0 Å². The second-order valence-corrected chi connectivity index (χ2v) is 6.81. The molecule has 0 spiro atoms. The van der Waals surface area contributed by atoms with Crippen molar-refractivity contribution in [1.82, 2.24) is 10.2 Å². The van der Waals surface area contributed by atoms with E-state index in [2.05, 4.69) is 10.2 Å². The first-order valence-corrected chi connectivity index (χ1v) is 8.76. The molecule has 0 saturated carbocycles. The maximum atomic E-state index is 12.1. The molecule has 2 heterocycles. The van der Waals surface area contributed by atoms with Crippen LogP contribution in [0.1, 0.15) is 12.8 Å². The van der Waals surface area contributed by atoms with Crippen molar-refractivity contribution in [3.63, 3.8) is 0 Å². The number of carbonyl (C=O) groups excluding carboxylic acids is 1. The molecule has 2 fully saturated rings. The van der Waals surface area contributed by atoms with Crippen LogP contribution in [0.15, 0.2) is 0 Å². The quantitative estimate of drug-likeness (QED) is 0.670. The molecular weight excluding hydrogens is 290 g/mol. The van der Waals surface area contributed by atoms with Gasteiger partial charge in [0.2, 0.25) is 5.91 Å². The highest BCUT2D eigenvalue weighted by molar-refractivity contribution is 7.99. The Morgan fingerprint density at radius 3 is 2.86 bits per heavy atom. The smallest absolute Gasteiger partial charge is 0.222 e. The van der Waals surface area contributed by atoms with Crippen molar-refractivity contribution < 1.29 is 14.3 Å². The molecular formula is C14H27N3O3S. The summed E-state index contributed by atoms with van der Waals surface area (Å²) in [6.45, 7) is 4.58. The Bertz CT molecular complexity index is 327. The van der Waals surface area contributed by atoms with E-state index in [4.69, 9.17) is 15.2 Å². The maximum absolute atomic E-state index is 12.1. The van der Waals surface area contributed by atoms with Gasteiger partial charge in [0.15, 0.2) is 0 Å². The van der Waals surface area contributed by atoms with Crippen LogP contribution in [0.5, 0.6) is 0 Å². The van der Waals surface area contributed by atoms with Gasteiger partial charge in [-0.3, -0.25) is 9.69 Å². The fourth-order valence-electron chi connectivity index (χ4n) is 2.94.